The van der Waals surface area contributed by atoms with Gasteiger partial charge < -0.3 is 0 Å². The van der Waals surface area contributed by atoms with E-state index in [0.29, 0.717) is 31.7 Å². The Hall–Kier alpha value is -1.90. The van der Waals surface area contributed by atoms with Gasteiger partial charge in [-0.3, -0.25) is 4.31 Å². The van der Waals surface area contributed by atoms with Gasteiger partial charge in [-0.2, -0.15) is 4.31 Å². The Kier molecular flexibility index (Phi) is 4.73. The molecule has 2 aromatic rings. The van der Waals surface area contributed by atoms with Gasteiger partial charge in [0.05, 0.1) is 15.5 Å². The first-order valence-electron chi connectivity index (χ1n) is 9.11. The minimum Gasteiger partial charge on any atom is -0.266 e. The molecule has 0 atom stereocenters. The number of sulfonamides is 2. The highest BCUT2D eigenvalue weighted by atomic mass is 32.2. The van der Waals surface area contributed by atoms with Crippen molar-refractivity contribution in [3.63, 3.8) is 0 Å². The Bertz CT molecular complexity index is 1040. The van der Waals surface area contributed by atoms with E-state index in [2.05, 4.69) is 0 Å². The largest absolute Gasteiger partial charge is 0.266 e. The maximum absolute atomic E-state index is 12.9. The van der Waals surface area contributed by atoms with Gasteiger partial charge in [-0.05, 0) is 55.2 Å². The summed E-state index contributed by atoms with van der Waals surface area (Å²) in [4.78, 5) is 0.491. The van der Waals surface area contributed by atoms with Crippen LogP contribution in [0.25, 0.3) is 0 Å². The second-order valence-electron chi connectivity index (χ2n) is 6.90. The highest BCUT2D eigenvalue weighted by Gasteiger charge is 2.33. The fraction of sp³-hybridized carbons (Fsp3) is 0.368. The zero-order chi connectivity index (χ0) is 19.1. The molecule has 0 aliphatic carbocycles. The summed E-state index contributed by atoms with van der Waals surface area (Å²) in [7, 11) is -7.17. The maximum Gasteiger partial charge on any atom is 0.264 e. The molecule has 2 aromatic carbocycles. The molecule has 27 heavy (non-hydrogen) atoms. The smallest absolute Gasteiger partial charge is 0.264 e. The summed E-state index contributed by atoms with van der Waals surface area (Å²) in [5.74, 6) is 0. The lowest BCUT2D eigenvalue weighted by Crippen LogP contribution is -2.35. The molecule has 8 heteroatoms. The average molecular weight is 407 g/mol. The zero-order valence-corrected chi connectivity index (χ0v) is 16.5. The minimum absolute atomic E-state index is 0.239. The number of rotatable bonds is 4. The van der Waals surface area contributed by atoms with E-state index in [9.17, 15) is 16.8 Å². The van der Waals surface area contributed by atoms with Gasteiger partial charge in [0.15, 0.2) is 0 Å². The van der Waals surface area contributed by atoms with E-state index in [1.165, 1.54) is 14.7 Å². The normalized spacial score (nSPS) is 18.4. The van der Waals surface area contributed by atoms with Crippen LogP contribution in [0, 0.1) is 0 Å². The number of hydrogen-bond acceptors (Lipinski definition) is 4. The number of benzene rings is 2. The first kappa shape index (κ1) is 18.5. The molecule has 0 unspecified atom stereocenters. The van der Waals surface area contributed by atoms with Crippen LogP contribution < -0.4 is 4.31 Å². The van der Waals surface area contributed by atoms with Gasteiger partial charge in [-0.1, -0.05) is 24.6 Å². The predicted molar refractivity (Wildman–Crippen MR) is 104 cm³/mol. The Morgan fingerprint density at radius 3 is 2.11 bits per heavy atom. The molecule has 1 fully saturated rings. The third-order valence-electron chi connectivity index (χ3n) is 5.19. The van der Waals surface area contributed by atoms with Crippen LogP contribution in [0.15, 0.2) is 58.3 Å². The summed E-state index contributed by atoms with van der Waals surface area (Å²) in [6.07, 6.45) is 3.33. The molecule has 2 heterocycles. The minimum atomic E-state index is -3.65. The highest BCUT2D eigenvalue weighted by molar-refractivity contribution is 7.92. The van der Waals surface area contributed by atoms with Crippen molar-refractivity contribution < 1.29 is 16.8 Å². The van der Waals surface area contributed by atoms with E-state index in [1.807, 2.05) is 0 Å². The van der Waals surface area contributed by atoms with E-state index in [4.69, 9.17) is 0 Å². The third kappa shape index (κ3) is 3.26. The summed E-state index contributed by atoms with van der Waals surface area (Å²) in [5, 5.41) is 0. The monoisotopic (exact) mass is 406 g/mol. The van der Waals surface area contributed by atoms with Crippen LogP contribution in [0.3, 0.4) is 0 Å². The van der Waals surface area contributed by atoms with Gasteiger partial charge in [0, 0.05) is 19.6 Å². The van der Waals surface area contributed by atoms with Crippen LogP contribution in [0.5, 0.6) is 0 Å². The molecule has 2 aliphatic heterocycles. The molecule has 0 radical (unpaired) electrons. The molecular formula is C19H22N2O4S2. The van der Waals surface area contributed by atoms with Crippen LogP contribution in [0.4, 0.5) is 5.69 Å². The lowest BCUT2D eigenvalue weighted by atomic mass is 10.2. The summed E-state index contributed by atoms with van der Waals surface area (Å²) >= 11 is 0. The molecular weight excluding hydrogens is 384 g/mol. The Balaban J connectivity index is 1.67. The van der Waals surface area contributed by atoms with E-state index >= 15 is 0 Å². The second-order valence-corrected chi connectivity index (χ2v) is 10.7. The summed E-state index contributed by atoms with van der Waals surface area (Å²) in [6.45, 7) is 1.42. The van der Waals surface area contributed by atoms with E-state index in [1.54, 1.807) is 42.5 Å². The lowest BCUT2D eigenvalue weighted by Gasteiger charge is -2.26. The Labute approximate surface area is 160 Å². The quantitative estimate of drug-likeness (QED) is 0.782. The summed E-state index contributed by atoms with van der Waals surface area (Å²) < 4.78 is 54.5. The van der Waals surface area contributed by atoms with Gasteiger partial charge >= 0.3 is 0 Å². The standard InChI is InChI=1S/C19H22N2O4S2/c22-26(23,20-12-5-2-6-13-20)18-9-10-19-16(15-18)11-14-21(19)27(24,25)17-7-3-1-4-8-17/h1,3-4,7-10,15H,2,5-6,11-14H2. The lowest BCUT2D eigenvalue weighted by molar-refractivity contribution is 0.346. The molecule has 4 rings (SSSR count). The van der Waals surface area contributed by atoms with Crippen LogP contribution >= 0.6 is 0 Å². The van der Waals surface area contributed by atoms with Crippen molar-refractivity contribution in [2.45, 2.75) is 35.5 Å². The van der Waals surface area contributed by atoms with Crippen LogP contribution in [0.2, 0.25) is 0 Å². The molecule has 0 saturated carbocycles. The van der Waals surface area contributed by atoms with Crippen LogP contribution in [0.1, 0.15) is 24.8 Å². The number of fused-ring (bicyclic) bond motifs is 1. The van der Waals surface area contributed by atoms with Crippen LogP contribution in [-0.4, -0.2) is 40.8 Å². The molecule has 0 N–H and O–H groups in total. The van der Waals surface area contributed by atoms with Crippen molar-refractivity contribution in [2.24, 2.45) is 0 Å². The number of piperidine rings is 1. The summed E-state index contributed by atoms with van der Waals surface area (Å²) in [5.41, 5.74) is 1.32. The Morgan fingerprint density at radius 1 is 0.704 bits per heavy atom. The molecule has 1 saturated heterocycles. The molecule has 144 valence electrons. The van der Waals surface area contributed by atoms with Crippen molar-refractivity contribution in [1.82, 2.24) is 4.31 Å². The average Bonchev–Trinajstić information content (AvgIpc) is 3.13. The van der Waals surface area contributed by atoms with Crippen molar-refractivity contribution in [3.8, 4) is 0 Å². The number of hydrogen-bond donors (Lipinski definition) is 0. The van der Waals surface area contributed by atoms with Crippen molar-refractivity contribution in [2.75, 3.05) is 23.9 Å². The molecule has 0 amide bonds. The van der Waals surface area contributed by atoms with E-state index in [-0.39, 0.29) is 9.79 Å². The fourth-order valence-corrected chi connectivity index (χ4v) is 6.82. The SMILES string of the molecule is O=S(=O)(c1ccc2c(c1)CCN2S(=O)(=O)c1ccccc1)N1CCCCC1. The van der Waals surface area contributed by atoms with Crippen molar-refractivity contribution in [1.29, 1.82) is 0 Å². The van der Waals surface area contributed by atoms with Gasteiger partial charge in [-0.15, -0.1) is 0 Å². The topological polar surface area (TPSA) is 74.8 Å². The maximum atomic E-state index is 12.9. The van der Waals surface area contributed by atoms with Gasteiger partial charge in [0.1, 0.15) is 0 Å². The fourth-order valence-electron chi connectivity index (χ4n) is 3.73. The second kappa shape index (κ2) is 6.92. The molecule has 0 aromatic heterocycles. The highest BCUT2D eigenvalue weighted by Crippen LogP contribution is 2.35. The predicted octanol–water partition coefficient (Wildman–Crippen LogP) is 2.61. The zero-order valence-electron chi connectivity index (χ0n) is 14.9. The molecule has 0 spiro atoms. The van der Waals surface area contributed by atoms with Crippen molar-refractivity contribution >= 4 is 25.7 Å². The van der Waals surface area contributed by atoms with Gasteiger partial charge in [0.2, 0.25) is 10.0 Å². The van der Waals surface area contributed by atoms with Gasteiger partial charge in [0.25, 0.3) is 10.0 Å². The molecule has 6 nitrogen and oxygen atoms in total. The number of anilines is 1. The van der Waals surface area contributed by atoms with Crippen molar-refractivity contribution in [3.05, 3.63) is 54.1 Å². The first-order valence-corrected chi connectivity index (χ1v) is 12.0. The van der Waals surface area contributed by atoms with Gasteiger partial charge in [-0.25, -0.2) is 16.8 Å². The number of nitrogens with zero attached hydrogens (tertiary/aromatic N) is 2. The Morgan fingerprint density at radius 2 is 1.41 bits per heavy atom. The molecule has 0 bridgehead atoms. The van der Waals surface area contributed by atoms with E-state index in [0.717, 1.165) is 24.8 Å². The van der Waals surface area contributed by atoms with Crippen LogP contribution in [-0.2, 0) is 26.5 Å². The third-order valence-corrected chi connectivity index (χ3v) is 8.91. The first-order chi connectivity index (χ1) is 12.9. The summed E-state index contributed by atoms with van der Waals surface area (Å²) in [6, 6.07) is 13.1. The van der Waals surface area contributed by atoms with E-state index < -0.39 is 20.0 Å². The molecule has 2 aliphatic rings.